The van der Waals surface area contributed by atoms with Gasteiger partial charge in [0, 0.05) is 37.8 Å². The minimum absolute atomic E-state index is 0.0598. The van der Waals surface area contributed by atoms with Crippen molar-refractivity contribution < 1.29 is 9.59 Å². The minimum Gasteiger partial charge on any atom is -0.312 e. The molecule has 0 radical (unpaired) electrons. The van der Waals surface area contributed by atoms with E-state index in [-0.39, 0.29) is 17.2 Å². The van der Waals surface area contributed by atoms with Gasteiger partial charge in [0.1, 0.15) is 0 Å². The van der Waals surface area contributed by atoms with Crippen molar-refractivity contribution in [3.8, 4) is 0 Å². The fourth-order valence-corrected chi connectivity index (χ4v) is 3.07. The number of anilines is 2. The van der Waals surface area contributed by atoms with Crippen LogP contribution < -0.4 is 9.80 Å². The molecule has 0 saturated carbocycles. The molecule has 100 valence electrons. The SMILES string of the molecule is CC(=O)N1CCc2cc(N3CC(Cl)CC3=O)ccc21. The molecule has 2 heterocycles. The third-order valence-corrected chi connectivity index (χ3v) is 4.02. The molecule has 2 amide bonds. The van der Waals surface area contributed by atoms with Gasteiger partial charge in [-0.25, -0.2) is 0 Å². The van der Waals surface area contributed by atoms with Crippen LogP contribution in [0.4, 0.5) is 11.4 Å². The third kappa shape index (κ3) is 2.10. The number of benzene rings is 1. The molecule has 5 heteroatoms. The van der Waals surface area contributed by atoms with E-state index in [9.17, 15) is 9.59 Å². The first kappa shape index (κ1) is 12.5. The van der Waals surface area contributed by atoms with E-state index in [4.69, 9.17) is 11.6 Å². The number of nitrogens with zero attached hydrogens (tertiary/aromatic N) is 2. The van der Waals surface area contributed by atoms with E-state index in [1.54, 1.807) is 16.7 Å². The standard InChI is InChI=1S/C14H15ClN2O2/c1-9(18)16-5-4-10-6-12(2-3-13(10)16)17-8-11(15)7-14(17)19/h2-3,6,11H,4-5,7-8H2,1H3. The number of hydrogen-bond donors (Lipinski definition) is 0. The van der Waals surface area contributed by atoms with Gasteiger partial charge in [-0.2, -0.15) is 0 Å². The Labute approximate surface area is 116 Å². The molecular weight excluding hydrogens is 264 g/mol. The van der Waals surface area contributed by atoms with Gasteiger partial charge in [0.25, 0.3) is 0 Å². The van der Waals surface area contributed by atoms with E-state index in [1.807, 2.05) is 18.2 Å². The van der Waals surface area contributed by atoms with Crippen molar-refractivity contribution in [2.75, 3.05) is 22.9 Å². The van der Waals surface area contributed by atoms with Gasteiger partial charge in [-0.1, -0.05) is 0 Å². The van der Waals surface area contributed by atoms with Crippen molar-refractivity contribution in [1.29, 1.82) is 0 Å². The highest BCUT2D eigenvalue weighted by Crippen LogP contribution is 2.33. The summed E-state index contributed by atoms with van der Waals surface area (Å²) in [4.78, 5) is 26.8. The number of carbonyl (C=O) groups excluding carboxylic acids is 2. The van der Waals surface area contributed by atoms with Crippen LogP contribution in [0.2, 0.25) is 0 Å². The predicted molar refractivity (Wildman–Crippen MR) is 74.8 cm³/mol. The van der Waals surface area contributed by atoms with Crippen molar-refractivity contribution >= 4 is 34.8 Å². The Morgan fingerprint density at radius 3 is 2.84 bits per heavy atom. The number of halogens is 1. The highest BCUT2D eigenvalue weighted by atomic mass is 35.5. The van der Waals surface area contributed by atoms with Gasteiger partial charge in [-0.3, -0.25) is 9.59 Å². The summed E-state index contributed by atoms with van der Waals surface area (Å²) in [7, 11) is 0. The maximum Gasteiger partial charge on any atom is 0.228 e. The van der Waals surface area contributed by atoms with Crippen LogP contribution in [0.15, 0.2) is 18.2 Å². The largest absolute Gasteiger partial charge is 0.312 e. The molecule has 19 heavy (non-hydrogen) atoms. The highest BCUT2D eigenvalue weighted by molar-refractivity contribution is 6.24. The second-order valence-corrected chi connectivity index (χ2v) is 5.66. The Balaban J connectivity index is 1.91. The Morgan fingerprint density at radius 1 is 1.42 bits per heavy atom. The molecule has 1 saturated heterocycles. The maximum atomic E-state index is 11.8. The van der Waals surface area contributed by atoms with Crippen LogP contribution in [0.1, 0.15) is 18.9 Å². The average Bonchev–Trinajstić information content (AvgIpc) is 2.91. The molecule has 2 aliphatic heterocycles. The van der Waals surface area contributed by atoms with Gasteiger partial charge in [0.05, 0.1) is 5.38 Å². The first-order valence-corrected chi connectivity index (χ1v) is 6.85. The van der Waals surface area contributed by atoms with Crippen LogP contribution >= 0.6 is 11.6 Å². The van der Waals surface area contributed by atoms with Crippen molar-refractivity contribution in [3.63, 3.8) is 0 Å². The molecular formula is C14H15ClN2O2. The molecule has 1 aromatic carbocycles. The summed E-state index contributed by atoms with van der Waals surface area (Å²) in [5.41, 5.74) is 2.97. The molecule has 1 aromatic rings. The molecule has 0 aromatic heterocycles. The molecule has 3 rings (SSSR count). The van der Waals surface area contributed by atoms with Crippen LogP contribution in [0, 0.1) is 0 Å². The van der Waals surface area contributed by atoms with Crippen molar-refractivity contribution in [3.05, 3.63) is 23.8 Å². The summed E-state index contributed by atoms with van der Waals surface area (Å²) < 4.78 is 0. The van der Waals surface area contributed by atoms with Crippen molar-refractivity contribution in [2.45, 2.75) is 25.1 Å². The zero-order valence-corrected chi connectivity index (χ0v) is 11.5. The van der Waals surface area contributed by atoms with Gasteiger partial charge >= 0.3 is 0 Å². The van der Waals surface area contributed by atoms with Gasteiger partial charge < -0.3 is 9.80 Å². The van der Waals surface area contributed by atoms with Gasteiger partial charge in [0.2, 0.25) is 11.8 Å². The normalized spacial score (nSPS) is 22.0. The summed E-state index contributed by atoms with van der Waals surface area (Å²) in [6.07, 6.45) is 1.24. The fourth-order valence-electron chi connectivity index (χ4n) is 2.80. The lowest BCUT2D eigenvalue weighted by Gasteiger charge is -2.19. The molecule has 0 aliphatic carbocycles. The molecule has 1 fully saturated rings. The molecule has 0 bridgehead atoms. The Bertz CT molecular complexity index is 558. The second kappa shape index (κ2) is 4.53. The molecule has 2 aliphatic rings. The van der Waals surface area contributed by atoms with Crippen LogP contribution in [0.3, 0.4) is 0 Å². The predicted octanol–water partition coefficient (Wildman–Crippen LogP) is 1.94. The zero-order valence-electron chi connectivity index (χ0n) is 10.7. The lowest BCUT2D eigenvalue weighted by Crippen LogP contribution is -2.26. The zero-order chi connectivity index (χ0) is 13.6. The van der Waals surface area contributed by atoms with Crippen molar-refractivity contribution in [1.82, 2.24) is 0 Å². The summed E-state index contributed by atoms with van der Waals surface area (Å²) in [6, 6.07) is 5.83. The summed E-state index contributed by atoms with van der Waals surface area (Å²) in [5.74, 6) is 0.131. The van der Waals surface area contributed by atoms with Gasteiger partial charge in [0.15, 0.2) is 0 Å². The number of rotatable bonds is 1. The first-order chi connectivity index (χ1) is 9.06. The monoisotopic (exact) mass is 278 g/mol. The maximum absolute atomic E-state index is 11.8. The Morgan fingerprint density at radius 2 is 2.21 bits per heavy atom. The van der Waals surface area contributed by atoms with E-state index in [0.29, 0.717) is 13.0 Å². The van der Waals surface area contributed by atoms with Crippen molar-refractivity contribution in [2.24, 2.45) is 0 Å². The molecule has 4 nitrogen and oxygen atoms in total. The summed E-state index contributed by atoms with van der Waals surface area (Å²) >= 11 is 6.02. The minimum atomic E-state index is -0.102. The molecule has 1 atom stereocenters. The number of amides is 2. The molecule has 1 unspecified atom stereocenters. The Kier molecular flexibility index (Phi) is 2.97. The second-order valence-electron chi connectivity index (χ2n) is 5.04. The van der Waals surface area contributed by atoms with E-state index in [0.717, 1.165) is 29.9 Å². The van der Waals surface area contributed by atoms with E-state index >= 15 is 0 Å². The van der Waals surface area contributed by atoms with E-state index < -0.39 is 0 Å². The molecule has 0 N–H and O–H groups in total. The highest BCUT2D eigenvalue weighted by Gasteiger charge is 2.30. The van der Waals surface area contributed by atoms with E-state index in [1.165, 1.54) is 0 Å². The average molecular weight is 279 g/mol. The Hall–Kier alpha value is -1.55. The van der Waals surface area contributed by atoms with E-state index in [2.05, 4.69) is 0 Å². The lowest BCUT2D eigenvalue weighted by molar-refractivity contribution is -0.117. The number of alkyl halides is 1. The van der Waals surface area contributed by atoms with Gasteiger partial charge in [-0.15, -0.1) is 11.6 Å². The fraction of sp³-hybridized carbons (Fsp3) is 0.429. The lowest BCUT2D eigenvalue weighted by atomic mass is 10.1. The summed E-state index contributed by atoms with van der Waals surface area (Å²) in [5, 5.41) is -0.102. The van der Waals surface area contributed by atoms with Crippen LogP contribution in [-0.2, 0) is 16.0 Å². The van der Waals surface area contributed by atoms with Crippen LogP contribution in [0.5, 0.6) is 0 Å². The number of carbonyl (C=O) groups is 2. The summed E-state index contributed by atoms with van der Waals surface area (Å²) in [6.45, 7) is 2.86. The quantitative estimate of drug-likeness (QED) is 0.737. The number of fused-ring (bicyclic) bond motifs is 1. The smallest absolute Gasteiger partial charge is 0.228 e. The topological polar surface area (TPSA) is 40.6 Å². The van der Waals surface area contributed by atoms with Gasteiger partial charge in [-0.05, 0) is 30.2 Å². The van der Waals surface area contributed by atoms with Crippen LogP contribution in [-0.4, -0.2) is 30.3 Å². The first-order valence-electron chi connectivity index (χ1n) is 6.41. The number of hydrogen-bond acceptors (Lipinski definition) is 2. The van der Waals surface area contributed by atoms with Crippen LogP contribution in [0.25, 0.3) is 0 Å². The third-order valence-electron chi connectivity index (χ3n) is 3.73. The molecule has 0 spiro atoms.